The summed E-state index contributed by atoms with van der Waals surface area (Å²) in [4.78, 5) is 0. The first-order chi connectivity index (χ1) is 9.95. The van der Waals surface area contributed by atoms with Crippen molar-refractivity contribution >= 4 is 14.1 Å². The zero-order valence-corrected chi connectivity index (χ0v) is 15.2. The second-order valence-corrected chi connectivity index (χ2v) is 12.1. The Balaban J connectivity index is 2.68. The minimum absolute atomic E-state index is 0.265. The first-order valence-electron chi connectivity index (χ1n) is 8.40. The van der Waals surface area contributed by atoms with Crippen LogP contribution in [0.1, 0.15) is 51.0 Å². The maximum Gasteiger partial charge on any atom is 0.0758 e. The summed E-state index contributed by atoms with van der Waals surface area (Å²) >= 11 is 0. The molecule has 1 aromatic carbocycles. The molecular weight excluding hydrogens is 272 g/mol. The molecule has 118 valence electrons. The molecule has 0 heterocycles. The van der Waals surface area contributed by atoms with E-state index in [1.54, 1.807) is 0 Å². The van der Waals surface area contributed by atoms with Crippen LogP contribution in [-0.2, 0) is 0 Å². The van der Waals surface area contributed by atoms with Crippen LogP contribution in [0.3, 0.4) is 0 Å². The van der Waals surface area contributed by atoms with Crippen molar-refractivity contribution in [2.24, 2.45) is 0 Å². The summed E-state index contributed by atoms with van der Waals surface area (Å²) in [6.45, 7) is 9.20. The van der Waals surface area contributed by atoms with Crippen molar-refractivity contribution in [2.45, 2.75) is 71.2 Å². The molecule has 0 radical (unpaired) electrons. The molecule has 0 amide bonds. The number of unbranched alkanes of at least 4 members (excludes halogenated alkanes) is 4. The molecule has 0 saturated heterocycles. The van der Waals surface area contributed by atoms with Gasteiger partial charge in [0.05, 0.1) is 14.2 Å². The minimum atomic E-state index is -1.50. The molecule has 1 aromatic rings. The lowest BCUT2D eigenvalue weighted by Gasteiger charge is -2.26. The standard InChI is InChI=1S/C19H32OSi/c1-5-6-7-8-12-15-18(20)19(21(2,3)4)16-17-13-10-9-11-14-17/h9-11,13-14,16,18,20H,5-8,12,15H2,1-4H3/b19-16+. The molecule has 1 unspecified atom stereocenters. The molecule has 21 heavy (non-hydrogen) atoms. The number of aliphatic hydroxyl groups is 1. The topological polar surface area (TPSA) is 20.2 Å². The van der Waals surface area contributed by atoms with Crippen LogP contribution in [0.4, 0.5) is 0 Å². The summed E-state index contributed by atoms with van der Waals surface area (Å²) in [6, 6.07) is 10.4. The summed E-state index contributed by atoms with van der Waals surface area (Å²) in [5.74, 6) is 0. The van der Waals surface area contributed by atoms with Crippen LogP contribution in [-0.4, -0.2) is 19.3 Å². The van der Waals surface area contributed by atoms with Crippen molar-refractivity contribution in [3.8, 4) is 0 Å². The van der Waals surface area contributed by atoms with Crippen molar-refractivity contribution in [3.63, 3.8) is 0 Å². The molecule has 0 aromatic heterocycles. The van der Waals surface area contributed by atoms with E-state index in [-0.39, 0.29) is 6.10 Å². The minimum Gasteiger partial charge on any atom is -0.389 e. The van der Waals surface area contributed by atoms with E-state index in [2.05, 4.69) is 56.9 Å². The molecule has 0 spiro atoms. The second kappa shape index (κ2) is 9.21. The molecule has 2 heteroatoms. The Kier molecular flexibility index (Phi) is 7.98. The second-order valence-electron chi connectivity index (χ2n) is 6.98. The van der Waals surface area contributed by atoms with E-state index in [9.17, 15) is 5.11 Å². The van der Waals surface area contributed by atoms with E-state index in [0.717, 1.165) is 12.8 Å². The summed E-state index contributed by atoms with van der Waals surface area (Å²) in [7, 11) is -1.50. The third-order valence-electron chi connectivity index (χ3n) is 3.93. The fraction of sp³-hybridized carbons (Fsp3) is 0.579. The van der Waals surface area contributed by atoms with Crippen LogP contribution in [0.15, 0.2) is 35.5 Å². The molecular formula is C19H32OSi. The molecule has 0 aliphatic carbocycles. The summed E-state index contributed by atoms with van der Waals surface area (Å²) < 4.78 is 0. The highest BCUT2D eigenvalue weighted by molar-refractivity contribution is 6.83. The van der Waals surface area contributed by atoms with Crippen LogP contribution in [0.25, 0.3) is 6.08 Å². The van der Waals surface area contributed by atoms with E-state index < -0.39 is 8.07 Å². The fourth-order valence-electron chi connectivity index (χ4n) is 2.64. The van der Waals surface area contributed by atoms with E-state index in [4.69, 9.17) is 0 Å². The number of hydrogen-bond donors (Lipinski definition) is 1. The Hall–Kier alpha value is -0.863. The van der Waals surface area contributed by atoms with Gasteiger partial charge in [-0.15, -0.1) is 0 Å². The zero-order valence-electron chi connectivity index (χ0n) is 14.2. The maximum absolute atomic E-state index is 10.6. The largest absolute Gasteiger partial charge is 0.389 e. The fourth-order valence-corrected chi connectivity index (χ4v) is 4.38. The lowest BCUT2D eigenvalue weighted by atomic mass is 10.1. The van der Waals surface area contributed by atoms with Crippen molar-refractivity contribution in [1.82, 2.24) is 0 Å². The summed E-state index contributed by atoms with van der Waals surface area (Å²) in [5, 5.41) is 11.9. The SMILES string of the molecule is CCCCCCCC(O)/C(=C\c1ccccc1)[Si](C)(C)C. The van der Waals surface area contributed by atoms with Gasteiger partial charge in [-0.2, -0.15) is 0 Å². The van der Waals surface area contributed by atoms with Gasteiger partial charge in [-0.25, -0.2) is 0 Å². The van der Waals surface area contributed by atoms with E-state index in [1.165, 1.54) is 36.4 Å². The summed E-state index contributed by atoms with van der Waals surface area (Å²) in [5.41, 5.74) is 1.21. The van der Waals surface area contributed by atoms with Crippen LogP contribution < -0.4 is 0 Å². The Morgan fingerprint density at radius 2 is 1.67 bits per heavy atom. The predicted octanol–water partition coefficient (Wildman–Crippen LogP) is 5.67. The van der Waals surface area contributed by atoms with E-state index in [0.29, 0.717) is 0 Å². The lowest BCUT2D eigenvalue weighted by Crippen LogP contribution is -2.32. The normalized spacial score (nSPS) is 14.2. The van der Waals surface area contributed by atoms with Gasteiger partial charge in [-0.05, 0) is 12.0 Å². The van der Waals surface area contributed by atoms with Gasteiger partial charge in [0.15, 0.2) is 0 Å². The van der Waals surface area contributed by atoms with Gasteiger partial charge >= 0.3 is 0 Å². The van der Waals surface area contributed by atoms with Gasteiger partial charge in [0.2, 0.25) is 0 Å². The van der Waals surface area contributed by atoms with Crippen molar-refractivity contribution in [2.75, 3.05) is 0 Å². The Morgan fingerprint density at radius 3 is 2.24 bits per heavy atom. The molecule has 1 rings (SSSR count). The maximum atomic E-state index is 10.6. The number of rotatable bonds is 9. The molecule has 1 N–H and O–H groups in total. The van der Waals surface area contributed by atoms with Crippen LogP contribution in [0.2, 0.25) is 19.6 Å². The zero-order chi connectivity index (χ0) is 15.7. The predicted molar refractivity (Wildman–Crippen MR) is 97.1 cm³/mol. The molecule has 0 aliphatic rings. The molecule has 1 nitrogen and oxygen atoms in total. The Morgan fingerprint density at radius 1 is 1.05 bits per heavy atom. The van der Waals surface area contributed by atoms with Gasteiger partial charge in [0, 0.05) is 0 Å². The quantitative estimate of drug-likeness (QED) is 0.460. The first kappa shape index (κ1) is 18.2. The Labute approximate surface area is 132 Å². The number of benzene rings is 1. The average Bonchev–Trinajstić information content (AvgIpc) is 2.44. The third-order valence-corrected chi connectivity index (χ3v) is 6.14. The smallest absolute Gasteiger partial charge is 0.0758 e. The number of aliphatic hydroxyl groups excluding tert-OH is 1. The molecule has 0 fully saturated rings. The highest BCUT2D eigenvalue weighted by atomic mass is 28.3. The van der Waals surface area contributed by atoms with Crippen LogP contribution in [0.5, 0.6) is 0 Å². The highest BCUT2D eigenvalue weighted by Crippen LogP contribution is 2.24. The van der Waals surface area contributed by atoms with Crippen LogP contribution >= 0.6 is 0 Å². The van der Waals surface area contributed by atoms with Crippen molar-refractivity contribution in [3.05, 3.63) is 41.1 Å². The van der Waals surface area contributed by atoms with Gasteiger partial charge in [-0.1, -0.05) is 100 Å². The number of hydrogen-bond acceptors (Lipinski definition) is 1. The third kappa shape index (κ3) is 7.10. The van der Waals surface area contributed by atoms with E-state index >= 15 is 0 Å². The van der Waals surface area contributed by atoms with Crippen LogP contribution in [0, 0.1) is 0 Å². The molecule has 0 saturated carbocycles. The molecule has 1 atom stereocenters. The van der Waals surface area contributed by atoms with Gasteiger partial charge < -0.3 is 5.11 Å². The highest BCUT2D eigenvalue weighted by Gasteiger charge is 2.25. The van der Waals surface area contributed by atoms with Crippen molar-refractivity contribution in [1.29, 1.82) is 0 Å². The van der Waals surface area contributed by atoms with Gasteiger partial charge in [-0.3, -0.25) is 0 Å². The monoisotopic (exact) mass is 304 g/mol. The molecule has 0 bridgehead atoms. The molecule has 0 aliphatic heterocycles. The van der Waals surface area contributed by atoms with Gasteiger partial charge in [0.25, 0.3) is 0 Å². The lowest BCUT2D eigenvalue weighted by molar-refractivity contribution is 0.203. The first-order valence-corrected chi connectivity index (χ1v) is 11.9. The summed E-state index contributed by atoms with van der Waals surface area (Å²) in [6.07, 6.45) is 9.14. The van der Waals surface area contributed by atoms with Crippen molar-refractivity contribution < 1.29 is 5.11 Å². The average molecular weight is 305 g/mol. The van der Waals surface area contributed by atoms with Gasteiger partial charge in [0.1, 0.15) is 0 Å². The van der Waals surface area contributed by atoms with E-state index in [1.807, 2.05) is 6.07 Å². The Bertz CT molecular complexity index is 417.